The van der Waals surface area contributed by atoms with Gasteiger partial charge in [-0.3, -0.25) is 4.79 Å². The van der Waals surface area contributed by atoms with Crippen LogP contribution >= 0.6 is 0 Å². The number of ether oxygens (including phenoxy) is 1. The summed E-state index contributed by atoms with van der Waals surface area (Å²) in [4.78, 5) is 12.0. The van der Waals surface area contributed by atoms with Crippen molar-refractivity contribution in [1.82, 2.24) is 0 Å². The summed E-state index contributed by atoms with van der Waals surface area (Å²) in [5.74, 6) is -0.0888. The third kappa shape index (κ3) is 28.4. The molecular formula is C38H60O2. The van der Waals surface area contributed by atoms with Crippen LogP contribution < -0.4 is 0 Å². The van der Waals surface area contributed by atoms with E-state index in [9.17, 15) is 4.79 Å². The first kappa shape index (κ1) is 37.4. The van der Waals surface area contributed by atoms with Crippen molar-refractivity contribution >= 4 is 5.97 Å². The molecule has 0 amide bonds. The zero-order valence-corrected chi connectivity index (χ0v) is 26.9. The molecule has 0 radical (unpaired) electrons. The average Bonchev–Trinajstić information content (AvgIpc) is 2.90. The van der Waals surface area contributed by atoms with Crippen molar-refractivity contribution in [2.45, 2.75) is 131 Å². The lowest BCUT2D eigenvalue weighted by Gasteiger charge is -2.04. The summed E-state index contributed by atoms with van der Waals surface area (Å²) in [5, 5.41) is 0. The zero-order chi connectivity index (χ0) is 29.7. The summed E-state index contributed by atoms with van der Waals surface area (Å²) in [6, 6.07) is 0. The molecule has 2 heteroatoms. The maximum absolute atomic E-state index is 12.0. The Bertz CT molecular complexity index is 882. The largest absolute Gasteiger partial charge is 0.461 e. The van der Waals surface area contributed by atoms with Gasteiger partial charge in [0.05, 0.1) is 0 Å². The van der Waals surface area contributed by atoms with Crippen LogP contribution in [0.15, 0.2) is 95.2 Å². The van der Waals surface area contributed by atoms with Gasteiger partial charge in [-0.1, -0.05) is 96.1 Å². The molecule has 0 N–H and O–H groups in total. The number of hydrogen-bond donors (Lipinski definition) is 0. The lowest BCUT2D eigenvalue weighted by Crippen LogP contribution is -2.04. The molecule has 2 nitrogen and oxygen atoms in total. The molecule has 224 valence electrons. The Balaban J connectivity index is 3.85. The molecule has 0 aliphatic carbocycles. The number of carbonyl (C=O) groups is 1. The van der Waals surface area contributed by atoms with Crippen LogP contribution in [0.2, 0.25) is 0 Å². The van der Waals surface area contributed by atoms with Crippen molar-refractivity contribution in [2.24, 2.45) is 0 Å². The van der Waals surface area contributed by atoms with E-state index in [1.54, 1.807) is 0 Å². The molecule has 0 fully saturated rings. The molecule has 0 saturated carbocycles. The van der Waals surface area contributed by atoms with E-state index in [0.717, 1.165) is 83.5 Å². The number of carbonyl (C=O) groups excluding carboxylic acids is 1. The zero-order valence-electron chi connectivity index (χ0n) is 26.9. The average molecular weight is 549 g/mol. The van der Waals surface area contributed by atoms with Crippen molar-refractivity contribution < 1.29 is 9.53 Å². The number of allylic oxidation sites excluding steroid dienone is 15. The smallest absolute Gasteiger partial charge is 0.306 e. The van der Waals surface area contributed by atoms with E-state index in [-0.39, 0.29) is 5.97 Å². The Labute approximate surface area is 248 Å². The minimum Gasteiger partial charge on any atom is -0.461 e. The van der Waals surface area contributed by atoms with E-state index < -0.39 is 0 Å². The Hall–Kier alpha value is -2.61. The molecule has 0 heterocycles. The highest BCUT2D eigenvalue weighted by Gasteiger charge is 2.01. The van der Waals surface area contributed by atoms with Gasteiger partial charge >= 0.3 is 5.97 Å². The predicted molar refractivity (Wildman–Crippen MR) is 179 cm³/mol. The minimum atomic E-state index is -0.0888. The van der Waals surface area contributed by atoms with E-state index in [1.807, 2.05) is 0 Å². The van der Waals surface area contributed by atoms with Gasteiger partial charge in [-0.15, -0.1) is 0 Å². The molecule has 0 aromatic heterocycles. The first-order valence-corrected chi connectivity index (χ1v) is 15.7. The van der Waals surface area contributed by atoms with Crippen LogP contribution in [-0.4, -0.2) is 12.6 Å². The normalized spacial score (nSPS) is 13.4. The summed E-state index contributed by atoms with van der Waals surface area (Å²) in [5.41, 5.74) is 5.63. The molecule has 0 spiro atoms. The molecule has 0 bridgehead atoms. The summed E-state index contributed by atoms with van der Waals surface area (Å²) >= 11 is 0. The van der Waals surface area contributed by atoms with Gasteiger partial charge in [-0.05, 0) is 124 Å². The van der Waals surface area contributed by atoms with Crippen LogP contribution in [0, 0.1) is 0 Å². The molecule has 0 aromatic carbocycles. The predicted octanol–water partition coefficient (Wildman–Crippen LogP) is 12.0. The fourth-order valence-corrected chi connectivity index (χ4v) is 3.97. The van der Waals surface area contributed by atoms with Crippen molar-refractivity contribution in [3.63, 3.8) is 0 Å². The van der Waals surface area contributed by atoms with E-state index in [2.05, 4.69) is 114 Å². The van der Waals surface area contributed by atoms with Gasteiger partial charge in [0.25, 0.3) is 0 Å². The van der Waals surface area contributed by atoms with Gasteiger partial charge < -0.3 is 4.74 Å². The highest BCUT2D eigenvalue weighted by atomic mass is 16.5. The van der Waals surface area contributed by atoms with E-state index in [4.69, 9.17) is 4.74 Å². The van der Waals surface area contributed by atoms with Crippen LogP contribution in [0.1, 0.15) is 131 Å². The maximum Gasteiger partial charge on any atom is 0.306 e. The Morgan fingerprint density at radius 1 is 0.525 bits per heavy atom. The molecule has 0 aliphatic heterocycles. The number of rotatable bonds is 23. The quantitative estimate of drug-likeness (QED) is 0.0721. The highest BCUT2D eigenvalue weighted by Crippen LogP contribution is 2.13. The SMILES string of the molecule is CC/C=C\C/C=C\C/C=C\C/C=C\CCCCC(=O)OC/C=C(\C)CC/C=C(\C)CC/C=C(\C)CCC=C(C)C. The van der Waals surface area contributed by atoms with Crippen molar-refractivity contribution in [2.75, 3.05) is 6.61 Å². The van der Waals surface area contributed by atoms with Gasteiger partial charge in [0.1, 0.15) is 6.61 Å². The third-order valence-corrected chi connectivity index (χ3v) is 6.55. The lowest BCUT2D eigenvalue weighted by molar-refractivity contribution is -0.142. The molecule has 0 aromatic rings. The van der Waals surface area contributed by atoms with Crippen LogP contribution in [0.5, 0.6) is 0 Å². The number of esters is 1. The van der Waals surface area contributed by atoms with Crippen LogP contribution in [0.4, 0.5) is 0 Å². The molecular weight excluding hydrogens is 488 g/mol. The second kappa shape index (κ2) is 27.9. The van der Waals surface area contributed by atoms with Gasteiger partial charge in [-0.25, -0.2) is 0 Å². The molecule has 0 rings (SSSR count). The third-order valence-electron chi connectivity index (χ3n) is 6.55. The monoisotopic (exact) mass is 548 g/mol. The molecule has 0 atom stereocenters. The number of unbranched alkanes of at least 4 members (excludes halogenated alkanes) is 2. The summed E-state index contributed by atoms with van der Waals surface area (Å²) in [6.07, 6.45) is 40.9. The standard InChI is InChI=1S/C38H60O2/c1-7-8-9-10-11-12-13-14-15-16-17-18-19-20-21-31-38(39)40-33-32-37(6)30-24-29-36(5)28-23-27-35(4)26-22-25-34(2)3/h8-9,11-12,14-15,17-18,25,27,29,32H,7,10,13,16,19-24,26,28,30-31,33H2,1-6H3/b9-8-,12-11-,15-14-,18-17-,35-27+,36-29+,37-32+. The first-order valence-electron chi connectivity index (χ1n) is 15.7. The van der Waals surface area contributed by atoms with Gasteiger partial charge in [0.15, 0.2) is 0 Å². The van der Waals surface area contributed by atoms with E-state index in [1.165, 1.54) is 22.3 Å². The molecule has 40 heavy (non-hydrogen) atoms. The second-order valence-corrected chi connectivity index (χ2v) is 11.0. The van der Waals surface area contributed by atoms with Crippen molar-refractivity contribution in [3.05, 3.63) is 95.2 Å². The topological polar surface area (TPSA) is 26.3 Å². The molecule has 0 unspecified atom stereocenters. The fourth-order valence-electron chi connectivity index (χ4n) is 3.97. The summed E-state index contributed by atoms with van der Waals surface area (Å²) in [6.45, 7) is 13.5. The van der Waals surface area contributed by atoms with Gasteiger partial charge in [0, 0.05) is 6.42 Å². The summed E-state index contributed by atoms with van der Waals surface area (Å²) in [7, 11) is 0. The fraction of sp³-hybridized carbons (Fsp3) is 0.553. The Morgan fingerprint density at radius 3 is 1.52 bits per heavy atom. The Kier molecular flexibility index (Phi) is 26.1. The summed E-state index contributed by atoms with van der Waals surface area (Å²) < 4.78 is 5.40. The Morgan fingerprint density at radius 2 is 1.00 bits per heavy atom. The van der Waals surface area contributed by atoms with Gasteiger partial charge in [-0.2, -0.15) is 0 Å². The molecule has 0 aliphatic rings. The van der Waals surface area contributed by atoms with E-state index in [0.29, 0.717) is 13.0 Å². The maximum atomic E-state index is 12.0. The van der Waals surface area contributed by atoms with Crippen LogP contribution in [0.3, 0.4) is 0 Å². The van der Waals surface area contributed by atoms with Crippen LogP contribution in [-0.2, 0) is 9.53 Å². The van der Waals surface area contributed by atoms with Crippen molar-refractivity contribution in [3.8, 4) is 0 Å². The van der Waals surface area contributed by atoms with Crippen molar-refractivity contribution in [1.29, 1.82) is 0 Å². The highest BCUT2D eigenvalue weighted by molar-refractivity contribution is 5.69. The minimum absolute atomic E-state index is 0.0888. The second-order valence-electron chi connectivity index (χ2n) is 11.0. The van der Waals surface area contributed by atoms with Gasteiger partial charge in [0.2, 0.25) is 0 Å². The lowest BCUT2D eigenvalue weighted by atomic mass is 10.0. The van der Waals surface area contributed by atoms with E-state index >= 15 is 0 Å². The first-order chi connectivity index (χ1) is 19.3. The van der Waals surface area contributed by atoms with Crippen LogP contribution in [0.25, 0.3) is 0 Å². The molecule has 0 saturated heterocycles. The number of hydrogen-bond acceptors (Lipinski definition) is 2.